The maximum Gasteiger partial charge on any atom is 0.144 e. The van der Waals surface area contributed by atoms with Gasteiger partial charge in [-0.3, -0.25) is 4.90 Å². The minimum atomic E-state index is 0.506. The van der Waals surface area contributed by atoms with Crippen LogP contribution in [0.3, 0.4) is 0 Å². The van der Waals surface area contributed by atoms with Crippen molar-refractivity contribution in [3.8, 4) is 0 Å². The third kappa shape index (κ3) is 4.01. The summed E-state index contributed by atoms with van der Waals surface area (Å²) in [5.41, 5.74) is 3.53. The molecule has 0 saturated heterocycles. The summed E-state index contributed by atoms with van der Waals surface area (Å²) < 4.78 is 0. The third-order valence-corrected chi connectivity index (χ3v) is 3.18. The second kappa shape index (κ2) is 6.13. The molecule has 0 radical (unpaired) electrons. The molecule has 0 N–H and O–H groups in total. The second-order valence-corrected chi connectivity index (χ2v) is 5.23. The van der Waals surface area contributed by atoms with Gasteiger partial charge in [0.05, 0.1) is 6.54 Å². The molecule has 1 aromatic heterocycles. The molecule has 19 heavy (non-hydrogen) atoms. The van der Waals surface area contributed by atoms with Crippen LogP contribution in [0.5, 0.6) is 0 Å². The highest BCUT2D eigenvalue weighted by molar-refractivity contribution is 6.29. The Kier molecular flexibility index (Phi) is 4.51. The van der Waals surface area contributed by atoms with Crippen molar-refractivity contribution in [2.45, 2.75) is 26.9 Å². The van der Waals surface area contributed by atoms with E-state index in [-0.39, 0.29) is 0 Å². The van der Waals surface area contributed by atoms with Crippen molar-refractivity contribution in [3.05, 3.63) is 58.1 Å². The molecule has 2 rings (SSSR count). The van der Waals surface area contributed by atoms with Crippen LogP contribution >= 0.6 is 11.6 Å². The quantitative estimate of drug-likeness (QED) is 0.801. The monoisotopic (exact) mass is 275 g/mol. The standard InChI is InChI=1S/C15H18ClN3/c1-11-6-4-5-7-13(11)9-19(3)10-15-17-12(2)8-14(16)18-15/h4-8H,9-10H2,1-3H3. The first-order chi connectivity index (χ1) is 9.04. The van der Waals surface area contributed by atoms with Gasteiger partial charge in [-0.2, -0.15) is 0 Å². The summed E-state index contributed by atoms with van der Waals surface area (Å²) >= 11 is 5.95. The van der Waals surface area contributed by atoms with Crippen molar-refractivity contribution < 1.29 is 0 Å². The van der Waals surface area contributed by atoms with Gasteiger partial charge in [-0.1, -0.05) is 35.9 Å². The largest absolute Gasteiger partial charge is 0.295 e. The van der Waals surface area contributed by atoms with Gasteiger partial charge >= 0.3 is 0 Å². The van der Waals surface area contributed by atoms with Crippen molar-refractivity contribution in [1.29, 1.82) is 0 Å². The van der Waals surface area contributed by atoms with Crippen LogP contribution in [0, 0.1) is 13.8 Å². The Bertz CT molecular complexity index is 549. The van der Waals surface area contributed by atoms with Gasteiger partial charge in [-0.15, -0.1) is 0 Å². The Labute approximate surface area is 119 Å². The summed E-state index contributed by atoms with van der Waals surface area (Å²) in [7, 11) is 2.06. The van der Waals surface area contributed by atoms with Gasteiger partial charge in [-0.05, 0) is 38.1 Å². The molecule has 0 saturated carbocycles. The lowest BCUT2D eigenvalue weighted by molar-refractivity contribution is 0.309. The van der Waals surface area contributed by atoms with E-state index < -0.39 is 0 Å². The lowest BCUT2D eigenvalue weighted by Crippen LogP contribution is -2.19. The Morgan fingerprint density at radius 3 is 2.53 bits per heavy atom. The first kappa shape index (κ1) is 14.0. The van der Waals surface area contributed by atoms with Crippen molar-refractivity contribution in [3.63, 3.8) is 0 Å². The molecule has 0 fully saturated rings. The lowest BCUT2D eigenvalue weighted by atomic mass is 10.1. The molecule has 0 amide bonds. The van der Waals surface area contributed by atoms with Gasteiger partial charge in [0, 0.05) is 12.2 Å². The molecule has 100 valence electrons. The van der Waals surface area contributed by atoms with Gasteiger partial charge in [0.2, 0.25) is 0 Å². The fraction of sp³-hybridized carbons (Fsp3) is 0.333. The van der Waals surface area contributed by atoms with Crippen LogP contribution in [0.15, 0.2) is 30.3 Å². The molecular formula is C15H18ClN3. The molecule has 0 atom stereocenters. The Morgan fingerprint density at radius 2 is 1.84 bits per heavy atom. The Hall–Kier alpha value is -1.45. The second-order valence-electron chi connectivity index (χ2n) is 4.85. The molecule has 0 aliphatic heterocycles. The lowest BCUT2D eigenvalue weighted by Gasteiger charge is -2.17. The van der Waals surface area contributed by atoms with Crippen molar-refractivity contribution in [2.75, 3.05) is 7.05 Å². The smallest absolute Gasteiger partial charge is 0.144 e. The summed E-state index contributed by atoms with van der Waals surface area (Å²) in [4.78, 5) is 10.8. The van der Waals surface area contributed by atoms with Crippen LogP contribution in [0.25, 0.3) is 0 Å². The molecule has 1 heterocycles. The summed E-state index contributed by atoms with van der Waals surface area (Å²) in [6.07, 6.45) is 0. The van der Waals surface area contributed by atoms with Crippen molar-refractivity contribution in [1.82, 2.24) is 14.9 Å². The molecule has 0 aliphatic rings. The molecule has 3 nitrogen and oxygen atoms in total. The number of halogens is 1. The van der Waals surface area contributed by atoms with Gasteiger partial charge in [0.1, 0.15) is 11.0 Å². The van der Waals surface area contributed by atoms with Crippen molar-refractivity contribution >= 4 is 11.6 Å². The van der Waals surface area contributed by atoms with E-state index in [0.29, 0.717) is 11.7 Å². The number of rotatable bonds is 4. The van der Waals surface area contributed by atoms with E-state index >= 15 is 0 Å². The van der Waals surface area contributed by atoms with Gasteiger partial charge in [-0.25, -0.2) is 9.97 Å². The summed E-state index contributed by atoms with van der Waals surface area (Å²) in [6, 6.07) is 10.2. The fourth-order valence-electron chi connectivity index (χ4n) is 2.04. The van der Waals surface area contributed by atoms with Gasteiger partial charge < -0.3 is 0 Å². The number of aryl methyl sites for hydroxylation is 2. The molecule has 4 heteroatoms. The zero-order chi connectivity index (χ0) is 13.8. The van der Waals surface area contributed by atoms with E-state index in [1.54, 1.807) is 6.07 Å². The average Bonchev–Trinajstić information content (AvgIpc) is 2.30. The van der Waals surface area contributed by atoms with Crippen LogP contribution in [-0.4, -0.2) is 21.9 Å². The van der Waals surface area contributed by atoms with E-state index in [2.05, 4.69) is 53.1 Å². The summed E-state index contributed by atoms with van der Waals surface area (Å²) in [5, 5.41) is 0.506. The molecule has 2 aromatic rings. The molecular weight excluding hydrogens is 258 g/mol. The summed E-state index contributed by atoms with van der Waals surface area (Å²) in [5.74, 6) is 0.765. The number of benzene rings is 1. The maximum atomic E-state index is 5.95. The van der Waals surface area contributed by atoms with E-state index in [1.807, 2.05) is 6.92 Å². The number of hydrogen-bond donors (Lipinski definition) is 0. The maximum absolute atomic E-state index is 5.95. The minimum absolute atomic E-state index is 0.506. The highest BCUT2D eigenvalue weighted by atomic mass is 35.5. The number of hydrogen-bond acceptors (Lipinski definition) is 3. The number of aromatic nitrogens is 2. The topological polar surface area (TPSA) is 29.0 Å². The SMILES string of the molecule is Cc1cc(Cl)nc(CN(C)Cc2ccccc2C)n1. The molecule has 0 bridgehead atoms. The van der Waals surface area contributed by atoms with E-state index in [0.717, 1.165) is 18.1 Å². The third-order valence-electron chi connectivity index (χ3n) is 2.98. The Morgan fingerprint density at radius 1 is 1.11 bits per heavy atom. The molecule has 0 spiro atoms. The normalized spacial score (nSPS) is 11.0. The van der Waals surface area contributed by atoms with Crippen LogP contribution in [0.1, 0.15) is 22.6 Å². The highest BCUT2D eigenvalue weighted by Gasteiger charge is 2.07. The fourth-order valence-corrected chi connectivity index (χ4v) is 2.29. The minimum Gasteiger partial charge on any atom is -0.295 e. The molecule has 0 unspecified atom stereocenters. The van der Waals surface area contributed by atoms with Crippen LogP contribution in [0.4, 0.5) is 0 Å². The van der Waals surface area contributed by atoms with E-state index in [9.17, 15) is 0 Å². The predicted molar refractivity (Wildman–Crippen MR) is 78.1 cm³/mol. The summed E-state index contributed by atoms with van der Waals surface area (Å²) in [6.45, 7) is 5.62. The van der Waals surface area contributed by atoms with Crippen molar-refractivity contribution in [2.24, 2.45) is 0 Å². The van der Waals surface area contributed by atoms with Crippen LogP contribution in [-0.2, 0) is 13.1 Å². The molecule has 1 aromatic carbocycles. The van der Waals surface area contributed by atoms with Gasteiger partial charge in [0.25, 0.3) is 0 Å². The first-order valence-corrected chi connectivity index (χ1v) is 6.65. The molecule has 0 aliphatic carbocycles. The van der Waals surface area contributed by atoms with E-state index in [1.165, 1.54) is 11.1 Å². The first-order valence-electron chi connectivity index (χ1n) is 6.27. The zero-order valence-electron chi connectivity index (χ0n) is 11.5. The Balaban J connectivity index is 2.05. The predicted octanol–water partition coefficient (Wildman–Crippen LogP) is 3.38. The zero-order valence-corrected chi connectivity index (χ0v) is 12.3. The van der Waals surface area contributed by atoms with Gasteiger partial charge in [0.15, 0.2) is 0 Å². The average molecular weight is 276 g/mol. The van der Waals surface area contributed by atoms with Crippen LogP contribution < -0.4 is 0 Å². The van der Waals surface area contributed by atoms with Crippen LogP contribution in [0.2, 0.25) is 5.15 Å². The number of nitrogens with zero attached hydrogens (tertiary/aromatic N) is 3. The highest BCUT2D eigenvalue weighted by Crippen LogP contribution is 2.12. The van der Waals surface area contributed by atoms with E-state index in [4.69, 9.17) is 11.6 Å².